The molecule has 1 fully saturated rings. The zero-order chi connectivity index (χ0) is 22.7. The second kappa shape index (κ2) is 9.43. The Morgan fingerprint density at radius 1 is 1.44 bits per heavy atom. The van der Waals surface area contributed by atoms with Gasteiger partial charge in [0.15, 0.2) is 0 Å². The van der Waals surface area contributed by atoms with Crippen LogP contribution < -0.4 is 10.7 Å². The van der Waals surface area contributed by atoms with Gasteiger partial charge in [-0.2, -0.15) is 10.4 Å². The van der Waals surface area contributed by atoms with Crippen molar-refractivity contribution >= 4 is 23.3 Å². The summed E-state index contributed by atoms with van der Waals surface area (Å²) in [6.07, 6.45) is 4.96. The highest BCUT2D eigenvalue weighted by Gasteiger charge is 2.26. The van der Waals surface area contributed by atoms with Crippen LogP contribution in [0, 0.1) is 30.6 Å². The Bertz CT molecular complexity index is 1130. The third kappa shape index (κ3) is 4.47. The molecule has 1 atom stereocenters. The maximum absolute atomic E-state index is 9.04. The average Bonchev–Trinajstić information content (AvgIpc) is 3.18. The number of piperazine rings is 1. The van der Waals surface area contributed by atoms with E-state index in [1.54, 1.807) is 6.07 Å². The largest absolute Gasteiger partial charge is 0.308 e. The van der Waals surface area contributed by atoms with Gasteiger partial charge in [0.2, 0.25) is 0 Å². The second-order valence-electron chi connectivity index (χ2n) is 8.51. The Hall–Kier alpha value is -3.34. The smallest absolute Gasteiger partial charge is 0.146 e. The minimum atomic E-state index is 0.255. The Labute approximate surface area is 189 Å². The van der Waals surface area contributed by atoms with Gasteiger partial charge in [-0.25, -0.2) is 4.98 Å². The molecule has 2 aliphatic rings. The molecule has 1 saturated heterocycles. The number of nitrogens with one attached hydrogen (secondary N) is 3. The fourth-order valence-corrected chi connectivity index (χ4v) is 4.58. The van der Waals surface area contributed by atoms with E-state index in [1.165, 1.54) is 40.2 Å². The number of aryl methyl sites for hydroxylation is 1. The minimum absolute atomic E-state index is 0.255. The number of nitriles is 1. The molecule has 0 radical (unpaired) electrons. The number of nitrogens with zero attached hydrogens (tertiary/aromatic N) is 4. The number of hydrogen-bond acceptors (Lipinski definition) is 7. The van der Waals surface area contributed by atoms with Gasteiger partial charge >= 0.3 is 0 Å². The maximum atomic E-state index is 9.04. The van der Waals surface area contributed by atoms with Crippen LogP contribution in [0.4, 0.5) is 5.82 Å². The van der Waals surface area contributed by atoms with Crippen molar-refractivity contribution in [2.75, 3.05) is 31.6 Å². The van der Waals surface area contributed by atoms with Gasteiger partial charge in [0.1, 0.15) is 11.9 Å². The van der Waals surface area contributed by atoms with Gasteiger partial charge in [0.05, 0.1) is 11.3 Å². The van der Waals surface area contributed by atoms with Crippen molar-refractivity contribution in [3.05, 3.63) is 64.4 Å². The molecule has 1 aromatic carbocycles. The number of anilines is 1. The van der Waals surface area contributed by atoms with Gasteiger partial charge in [0.25, 0.3) is 0 Å². The fraction of sp³-hybridized carbons (Fsp3) is 0.360. The van der Waals surface area contributed by atoms with Crippen molar-refractivity contribution in [3.8, 4) is 6.07 Å². The quantitative estimate of drug-likeness (QED) is 0.483. The van der Waals surface area contributed by atoms with Crippen molar-refractivity contribution in [3.63, 3.8) is 0 Å². The van der Waals surface area contributed by atoms with Crippen molar-refractivity contribution in [2.24, 2.45) is 5.10 Å². The number of aromatic nitrogens is 1. The normalized spacial score (nSPS) is 18.8. The van der Waals surface area contributed by atoms with Crippen LogP contribution in [-0.4, -0.2) is 48.0 Å². The number of benzene rings is 1. The van der Waals surface area contributed by atoms with Crippen LogP contribution in [0.25, 0.3) is 5.57 Å². The van der Waals surface area contributed by atoms with Gasteiger partial charge in [0, 0.05) is 44.6 Å². The third-order valence-corrected chi connectivity index (χ3v) is 6.43. The summed E-state index contributed by atoms with van der Waals surface area (Å²) in [5, 5.41) is 24.9. The summed E-state index contributed by atoms with van der Waals surface area (Å²) < 4.78 is 0. The molecule has 1 aromatic heterocycles. The Kier molecular flexibility index (Phi) is 6.45. The van der Waals surface area contributed by atoms with Gasteiger partial charge < -0.3 is 10.7 Å². The first-order chi connectivity index (χ1) is 15.5. The molecule has 32 heavy (non-hydrogen) atoms. The predicted octanol–water partition coefficient (Wildman–Crippen LogP) is 3.59. The summed E-state index contributed by atoms with van der Waals surface area (Å²) >= 11 is 0. The molecule has 1 aliphatic carbocycles. The zero-order valence-corrected chi connectivity index (χ0v) is 18.7. The Balaban J connectivity index is 1.44. The van der Waals surface area contributed by atoms with E-state index in [0.717, 1.165) is 38.0 Å². The average molecular weight is 428 g/mol. The van der Waals surface area contributed by atoms with Gasteiger partial charge in [-0.15, -0.1) is 0 Å². The first kappa shape index (κ1) is 21.9. The van der Waals surface area contributed by atoms with E-state index in [1.807, 2.05) is 6.92 Å². The molecule has 2 aromatic rings. The van der Waals surface area contributed by atoms with E-state index in [9.17, 15) is 0 Å². The van der Waals surface area contributed by atoms with Crippen LogP contribution in [0.1, 0.15) is 45.8 Å². The molecule has 0 bridgehead atoms. The molecule has 0 spiro atoms. The first-order valence-corrected chi connectivity index (χ1v) is 11.0. The summed E-state index contributed by atoms with van der Waals surface area (Å²) in [5.41, 5.74) is 11.7. The topological polar surface area (TPSA) is 100 Å². The molecule has 0 amide bonds. The fourth-order valence-electron chi connectivity index (χ4n) is 4.58. The number of pyridine rings is 1. The van der Waals surface area contributed by atoms with E-state index in [0.29, 0.717) is 23.6 Å². The van der Waals surface area contributed by atoms with Gasteiger partial charge in [-0.05, 0) is 66.1 Å². The molecule has 0 unspecified atom stereocenters. The van der Waals surface area contributed by atoms with Crippen LogP contribution in [-0.2, 0) is 6.42 Å². The van der Waals surface area contributed by atoms with Gasteiger partial charge in [-0.3, -0.25) is 10.3 Å². The van der Waals surface area contributed by atoms with Crippen LogP contribution >= 0.6 is 0 Å². The van der Waals surface area contributed by atoms with Crippen LogP contribution in [0.5, 0.6) is 0 Å². The third-order valence-electron chi connectivity index (χ3n) is 6.43. The van der Waals surface area contributed by atoms with E-state index in [4.69, 9.17) is 10.7 Å². The van der Waals surface area contributed by atoms with Crippen LogP contribution in [0.3, 0.4) is 0 Å². The van der Waals surface area contributed by atoms with Crippen molar-refractivity contribution in [2.45, 2.75) is 32.7 Å². The lowest BCUT2D eigenvalue weighted by atomic mass is 9.92. The molecule has 3 N–H and O–H groups in total. The lowest BCUT2D eigenvalue weighted by Gasteiger charge is -2.34. The monoisotopic (exact) mass is 427 g/mol. The lowest BCUT2D eigenvalue weighted by Crippen LogP contribution is -2.47. The summed E-state index contributed by atoms with van der Waals surface area (Å²) in [7, 11) is 0. The molecule has 7 heteroatoms. The van der Waals surface area contributed by atoms with Gasteiger partial charge in [-0.1, -0.05) is 18.7 Å². The molecule has 2 heterocycles. The highest BCUT2D eigenvalue weighted by molar-refractivity contribution is 6.30. The SMILES string of the molecule is C=C1CCc2c1ccc([C@@H]1CN(C/C(C=N)=N/Nc3cc(C)c(C#N)cn3)CCN1)c2C. The molecule has 164 valence electrons. The number of hydrazone groups is 1. The highest BCUT2D eigenvalue weighted by atomic mass is 15.3. The molecule has 7 nitrogen and oxygen atoms in total. The van der Waals surface area contributed by atoms with Crippen LogP contribution in [0.2, 0.25) is 0 Å². The maximum Gasteiger partial charge on any atom is 0.146 e. The molecule has 4 rings (SSSR count). The predicted molar refractivity (Wildman–Crippen MR) is 129 cm³/mol. The number of rotatable bonds is 6. The molecular weight excluding hydrogens is 398 g/mol. The van der Waals surface area contributed by atoms with Crippen molar-refractivity contribution in [1.29, 1.82) is 10.7 Å². The molecule has 0 saturated carbocycles. The first-order valence-electron chi connectivity index (χ1n) is 11.0. The summed E-state index contributed by atoms with van der Waals surface area (Å²) in [5.74, 6) is 0.564. The lowest BCUT2D eigenvalue weighted by molar-refractivity contribution is 0.225. The molecular formula is C25H29N7. The standard InChI is InChI=1S/C25H29N7/c1-16-4-5-22-18(3)23(7-6-21(16)22)24-15-32(9-8-28-24)14-20(12-27)30-31-25-10-17(2)19(11-26)13-29-25/h6-7,10,12-13,24,27-28H,1,4-5,8-9,14-15H2,2-3H3,(H,29,31)/b27-12?,30-20+/t24-/m0/s1. The summed E-state index contributed by atoms with van der Waals surface area (Å²) in [6, 6.07) is 8.63. The second-order valence-corrected chi connectivity index (χ2v) is 8.51. The van der Waals surface area contributed by atoms with E-state index >= 15 is 0 Å². The van der Waals surface area contributed by atoms with Crippen molar-refractivity contribution in [1.82, 2.24) is 15.2 Å². The van der Waals surface area contributed by atoms with E-state index < -0.39 is 0 Å². The summed E-state index contributed by atoms with van der Waals surface area (Å²) in [6.45, 7) is 11.5. The Morgan fingerprint density at radius 2 is 2.28 bits per heavy atom. The van der Waals surface area contributed by atoms with Crippen LogP contribution in [0.15, 0.2) is 36.1 Å². The zero-order valence-electron chi connectivity index (χ0n) is 18.7. The minimum Gasteiger partial charge on any atom is -0.308 e. The Morgan fingerprint density at radius 3 is 3.03 bits per heavy atom. The van der Waals surface area contributed by atoms with E-state index in [-0.39, 0.29) is 6.04 Å². The van der Waals surface area contributed by atoms with Crippen molar-refractivity contribution < 1.29 is 0 Å². The molecule has 1 aliphatic heterocycles. The number of allylic oxidation sites excluding steroid dienone is 1. The van der Waals surface area contributed by atoms with E-state index in [2.05, 4.69) is 57.4 Å². The number of hydrogen-bond donors (Lipinski definition) is 3. The number of fused-ring (bicyclic) bond motifs is 1. The summed E-state index contributed by atoms with van der Waals surface area (Å²) in [4.78, 5) is 6.54. The highest BCUT2D eigenvalue weighted by Crippen LogP contribution is 2.36.